The lowest BCUT2D eigenvalue weighted by molar-refractivity contribution is 0.339. The van der Waals surface area contributed by atoms with E-state index >= 15 is 0 Å². The average Bonchev–Trinajstić information content (AvgIpc) is 3.42. The van der Waals surface area contributed by atoms with Crippen LogP contribution in [0, 0.1) is 22.8 Å². The van der Waals surface area contributed by atoms with E-state index in [0.717, 1.165) is 36.1 Å². The molecule has 0 radical (unpaired) electrons. The number of ether oxygens (including phenoxy) is 1. The smallest absolute Gasteiger partial charge is 0.258 e. The highest BCUT2D eigenvalue weighted by molar-refractivity contribution is 5.75. The molecule has 1 aliphatic rings. The van der Waals surface area contributed by atoms with E-state index in [0.29, 0.717) is 23.0 Å². The molecule has 7 nitrogen and oxygen atoms in total. The van der Waals surface area contributed by atoms with Crippen LogP contribution in [-0.2, 0) is 0 Å². The molecular formula is C21H17N5O2. The van der Waals surface area contributed by atoms with Crippen LogP contribution >= 0.6 is 0 Å². The minimum absolute atomic E-state index is 0.127. The fourth-order valence-electron chi connectivity index (χ4n) is 3.47. The largest absolute Gasteiger partial charge is 0.496 e. The highest BCUT2D eigenvalue weighted by Crippen LogP contribution is 2.34. The second kappa shape index (κ2) is 7.42. The Bertz CT molecular complexity index is 1090. The molecule has 1 fully saturated rings. The van der Waals surface area contributed by atoms with E-state index in [-0.39, 0.29) is 6.04 Å². The number of benzene rings is 2. The van der Waals surface area contributed by atoms with Crippen LogP contribution in [0.3, 0.4) is 0 Å². The lowest BCUT2D eigenvalue weighted by Crippen LogP contribution is -2.17. The van der Waals surface area contributed by atoms with E-state index < -0.39 is 0 Å². The Morgan fingerprint density at radius 2 is 2.04 bits per heavy atom. The summed E-state index contributed by atoms with van der Waals surface area (Å²) in [6.07, 6.45) is 3.96. The number of nitriles is 2. The van der Waals surface area contributed by atoms with Crippen LogP contribution in [0.5, 0.6) is 5.75 Å². The second-order valence-electron chi connectivity index (χ2n) is 6.52. The molecule has 0 amide bonds. The number of methoxy groups -OCH3 is 1. The first-order valence-corrected chi connectivity index (χ1v) is 8.92. The summed E-state index contributed by atoms with van der Waals surface area (Å²) < 4.78 is 10.9. The van der Waals surface area contributed by atoms with Gasteiger partial charge in [-0.05, 0) is 48.7 Å². The molecule has 2 heterocycles. The lowest BCUT2D eigenvalue weighted by Gasteiger charge is -2.13. The van der Waals surface area contributed by atoms with Crippen LogP contribution in [0.2, 0.25) is 0 Å². The molecule has 1 aromatic heterocycles. The van der Waals surface area contributed by atoms with E-state index in [1.807, 2.05) is 24.3 Å². The summed E-state index contributed by atoms with van der Waals surface area (Å²) in [5.74, 6) is 1.61. The molecule has 1 atom stereocenters. The second-order valence-corrected chi connectivity index (χ2v) is 6.52. The molecule has 0 bridgehead atoms. The molecular weight excluding hydrogens is 354 g/mol. The predicted octanol–water partition coefficient (Wildman–Crippen LogP) is 3.90. The lowest BCUT2D eigenvalue weighted by atomic mass is 10.00. The molecule has 138 valence electrons. The highest BCUT2D eigenvalue weighted by atomic mass is 16.5. The molecule has 28 heavy (non-hydrogen) atoms. The number of likely N-dealkylation sites (tertiary alicyclic amines) is 1. The van der Waals surface area contributed by atoms with Crippen molar-refractivity contribution < 1.29 is 9.26 Å². The SMILES string of the molecule is COc1ccc(C#N)cc1-c1cccc(-c2nc(C3CCCN3C#N)no2)c1. The summed E-state index contributed by atoms with van der Waals surface area (Å²) >= 11 is 0. The van der Waals surface area contributed by atoms with E-state index in [2.05, 4.69) is 22.4 Å². The van der Waals surface area contributed by atoms with Gasteiger partial charge < -0.3 is 9.26 Å². The molecule has 2 aromatic carbocycles. The fraction of sp³-hybridized carbons (Fsp3) is 0.238. The molecule has 3 aromatic rings. The van der Waals surface area contributed by atoms with Crippen molar-refractivity contribution in [1.29, 1.82) is 10.5 Å². The van der Waals surface area contributed by atoms with E-state index in [1.54, 1.807) is 30.2 Å². The van der Waals surface area contributed by atoms with Crippen molar-refractivity contribution in [1.82, 2.24) is 15.0 Å². The third-order valence-corrected chi connectivity index (χ3v) is 4.87. The van der Waals surface area contributed by atoms with Crippen molar-refractivity contribution in [2.75, 3.05) is 13.7 Å². The van der Waals surface area contributed by atoms with Crippen LogP contribution in [0.15, 0.2) is 47.0 Å². The third kappa shape index (κ3) is 3.15. The van der Waals surface area contributed by atoms with Crippen LogP contribution in [0.1, 0.15) is 30.3 Å². The molecule has 4 rings (SSSR count). The molecule has 0 N–H and O–H groups in total. The van der Waals surface area contributed by atoms with Crippen molar-refractivity contribution in [2.45, 2.75) is 18.9 Å². The Morgan fingerprint density at radius 1 is 1.18 bits per heavy atom. The molecule has 7 heteroatoms. The highest BCUT2D eigenvalue weighted by Gasteiger charge is 2.29. The van der Waals surface area contributed by atoms with Gasteiger partial charge in [0.1, 0.15) is 11.8 Å². The Balaban J connectivity index is 1.69. The van der Waals surface area contributed by atoms with Crippen molar-refractivity contribution >= 4 is 0 Å². The van der Waals surface area contributed by atoms with Crippen LogP contribution in [0.4, 0.5) is 0 Å². The number of nitrogens with zero attached hydrogens (tertiary/aromatic N) is 5. The zero-order valence-corrected chi connectivity index (χ0v) is 15.3. The zero-order chi connectivity index (χ0) is 19.5. The molecule has 1 saturated heterocycles. The van der Waals surface area contributed by atoms with Gasteiger partial charge in [0.15, 0.2) is 12.0 Å². The van der Waals surface area contributed by atoms with E-state index in [4.69, 9.17) is 9.26 Å². The Kier molecular flexibility index (Phi) is 4.65. The normalized spacial score (nSPS) is 15.8. The molecule has 1 aliphatic heterocycles. The van der Waals surface area contributed by atoms with Crippen molar-refractivity contribution in [2.24, 2.45) is 0 Å². The van der Waals surface area contributed by atoms with Crippen molar-refractivity contribution in [3.8, 4) is 40.6 Å². The van der Waals surface area contributed by atoms with Gasteiger partial charge in [-0.2, -0.15) is 15.5 Å². The topological polar surface area (TPSA) is 99.0 Å². The monoisotopic (exact) mass is 371 g/mol. The fourth-order valence-corrected chi connectivity index (χ4v) is 3.47. The number of hydrogen-bond donors (Lipinski definition) is 0. The summed E-state index contributed by atoms with van der Waals surface area (Å²) in [6, 6.07) is 15.0. The Labute approximate surface area is 162 Å². The molecule has 0 spiro atoms. The maximum Gasteiger partial charge on any atom is 0.258 e. The summed E-state index contributed by atoms with van der Waals surface area (Å²) in [5.41, 5.74) is 3.02. The summed E-state index contributed by atoms with van der Waals surface area (Å²) in [4.78, 5) is 6.20. The van der Waals surface area contributed by atoms with Crippen LogP contribution in [0.25, 0.3) is 22.6 Å². The minimum atomic E-state index is -0.127. The number of rotatable bonds is 4. The Morgan fingerprint density at radius 3 is 2.82 bits per heavy atom. The van der Waals surface area contributed by atoms with Gasteiger partial charge in [-0.1, -0.05) is 17.3 Å². The van der Waals surface area contributed by atoms with Gasteiger partial charge in [0.2, 0.25) is 0 Å². The summed E-state index contributed by atoms with van der Waals surface area (Å²) in [7, 11) is 1.60. The van der Waals surface area contributed by atoms with Gasteiger partial charge in [-0.15, -0.1) is 0 Å². The first-order chi connectivity index (χ1) is 13.7. The zero-order valence-electron chi connectivity index (χ0n) is 15.3. The predicted molar refractivity (Wildman–Crippen MR) is 101 cm³/mol. The number of aromatic nitrogens is 2. The molecule has 0 saturated carbocycles. The maximum absolute atomic E-state index is 9.23. The third-order valence-electron chi connectivity index (χ3n) is 4.87. The van der Waals surface area contributed by atoms with E-state index in [9.17, 15) is 10.5 Å². The number of hydrogen-bond acceptors (Lipinski definition) is 7. The van der Waals surface area contributed by atoms with Gasteiger partial charge in [0.25, 0.3) is 5.89 Å². The standard InChI is InChI=1S/C21H17N5O2/c1-27-19-8-7-14(12-22)10-17(19)15-4-2-5-16(11-15)21-24-20(25-28-21)18-6-3-9-26(18)13-23/h2,4-5,7-8,10-11,18H,3,6,9H2,1H3. The first kappa shape index (κ1) is 17.6. The summed E-state index contributed by atoms with van der Waals surface area (Å²) in [5, 5.41) is 22.5. The Hall–Kier alpha value is -3.84. The van der Waals surface area contributed by atoms with Crippen LogP contribution in [-0.4, -0.2) is 28.7 Å². The van der Waals surface area contributed by atoms with Gasteiger partial charge in [0, 0.05) is 17.7 Å². The average molecular weight is 371 g/mol. The quantitative estimate of drug-likeness (QED) is 0.641. The maximum atomic E-state index is 9.23. The summed E-state index contributed by atoms with van der Waals surface area (Å²) in [6.45, 7) is 0.718. The van der Waals surface area contributed by atoms with Gasteiger partial charge in [0.05, 0.1) is 18.7 Å². The minimum Gasteiger partial charge on any atom is -0.496 e. The van der Waals surface area contributed by atoms with Gasteiger partial charge in [-0.3, -0.25) is 4.90 Å². The van der Waals surface area contributed by atoms with Gasteiger partial charge >= 0.3 is 0 Å². The first-order valence-electron chi connectivity index (χ1n) is 8.92. The van der Waals surface area contributed by atoms with E-state index in [1.165, 1.54) is 0 Å². The van der Waals surface area contributed by atoms with Crippen LogP contribution < -0.4 is 4.74 Å². The molecule has 0 aliphatic carbocycles. The van der Waals surface area contributed by atoms with Gasteiger partial charge in [-0.25, -0.2) is 0 Å². The molecule has 1 unspecified atom stereocenters. The van der Waals surface area contributed by atoms with Crippen molar-refractivity contribution in [3.05, 3.63) is 53.9 Å². The van der Waals surface area contributed by atoms with Crippen molar-refractivity contribution in [3.63, 3.8) is 0 Å².